The molecule has 2 aromatic rings. The van der Waals surface area contributed by atoms with Crippen LogP contribution in [0.3, 0.4) is 0 Å². The molecule has 18 heavy (non-hydrogen) atoms. The van der Waals surface area contributed by atoms with Crippen molar-refractivity contribution >= 4 is 33.1 Å². The molecule has 0 aliphatic rings. The van der Waals surface area contributed by atoms with Gasteiger partial charge in [-0.1, -0.05) is 0 Å². The van der Waals surface area contributed by atoms with Gasteiger partial charge in [-0.3, -0.25) is 18.9 Å². The van der Waals surface area contributed by atoms with Crippen molar-refractivity contribution < 1.29 is 9.90 Å². The molecule has 2 aromatic heterocycles. The molecule has 96 valence electrons. The Labute approximate surface area is 108 Å². The van der Waals surface area contributed by atoms with E-state index in [-0.39, 0.29) is 15.9 Å². The molecule has 0 aromatic carbocycles. The highest BCUT2D eigenvalue weighted by atomic mass is 79.9. The summed E-state index contributed by atoms with van der Waals surface area (Å²) in [5, 5.41) is 9.00. The first kappa shape index (κ1) is 12.6. The minimum absolute atomic E-state index is 0.0406. The molecule has 0 spiro atoms. The molecule has 0 saturated carbocycles. The van der Waals surface area contributed by atoms with Crippen molar-refractivity contribution in [3.63, 3.8) is 0 Å². The molecule has 8 nitrogen and oxygen atoms in total. The summed E-state index contributed by atoms with van der Waals surface area (Å²) >= 11 is 3.09. The summed E-state index contributed by atoms with van der Waals surface area (Å²) in [6, 6.07) is -0.983. The van der Waals surface area contributed by atoms with Crippen molar-refractivity contribution in [3.8, 4) is 0 Å². The summed E-state index contributed by atoms with van der Waals surface area (Å²) in [6.45, 7) is 1.42. The van der Waals surface area contributed by atoms with Crippen LogP contribution < -0.4 is 11.2 Å². The van der Waals surface area contributed by atoms with E-state index >= 15 is 0 Å². The van der Waals surface area contributed by atoms with E-state index in [1.54, 1.807) is 0 Å². The maximum atomic E-state index is 11.8. The lowest BCUT2D eigenvalue weighted by atomic mass is 10.3. The van der Waals surface area contributed by atoms with Gasteiger partial charge in [-0.15, -0.1) is 0 Å². The van der Waals surface area contributed by atoms with Crippen LogP contribution in [0.4, 0.5) is 0 Å². The van der Waals surface area contributed by atoms with Crippen molar-refractivity contribution in [2.24, 2.45) is 7.05 Å². The Balaban J connectivity index is 2.97. The van der Waals surface area contributed by atoms with Crippen LogP contribution in [0.15, 0.2) is 14.3 Å². The van der Waals surface area contributed by atoms with Gasteiger partial charge in [0.2, 0.25) is 0 Å². The second-order valence-electron chi connectivity index (χ2n) is 3.76. The molecule has 0 amide bonds. The van der Waals surface area contributed by atoms with E-state index in [0.29, 0.717) is 0 Å². The lowest BCUT2D eigenvalue weighted by Gasteiger charge is -2.09. The molecule has 2 heterocycles. The number of carboxylic acids is 1. The predicted octanol–water partition coefficient (Wildman–Crippen LogP) is -0.169. The molecule has 1 atom stereocenters. The Hall–Kier alpha value is -1.90. The summed E-state index contributed by atoms with van der Waals surface area (Å²) in [5.41, 5.74) is -1.10. The van der Waals surface area contributed by atoms with Crippen molar-refractivity contribution in [2.75, 3.05) is 0 Å². The van der Waals surface area contributed by atoms with Crippen molar-refractivity contribution in [1.29, 1.82) is 0 Å². The number of aromatic nitrogens is 4. The van der Waals surface area contributed by atoms with Crippen LogP contribution in [0.1, 0.15) is 13.0 Å². The van der Waals surface area contributed by atoms with Gasteiger partial charge >= 0.3 is 11.7 Å². The summed E-state index contributed by atoms with van der Waals surface area (Å²) in [7, 11) is 1.44. The topological polar surface area (TPSA) is 110 Å². The number of fused-ring (bicyclic) bond motifs is 1. The summed E-state index contributed by atoms with van der Waals surface area (Å²) in [6.07, 6.45) is 0. The first-order valence-corrected chi connectivity index (χ1v) is 5.73. The fraction of sp³-hybridized carbons (Fsp3) is 0.333. The number of aryl methyl sites for hydroxylation is 1. The second kappa shape index (κ2) is 4.09. The van der Waals surface area contributed by atoms with Gasteiger partial charge in [-0.2, -0.15) is 0 Å². The van der Waals surface area contributed by atoms with E-state index in [0.717, 1.165) is 4.57 Å². The molecule has 2 N–H and O–H groups in total. The Morgan fingerprint density at radius 2 is 2.11 bits per heavy atom. The zero-order valence-electron chi connectivity index (χ0n) is 9.47. The normalized spacial score (nSPS) is 12.8. The second-order valence-corrected chi connectivity index (χ2v) is 4.46. The quantitative estimate of drug-likeness (QED) is 0.747. The monoisotopic (exact) mass is 316 g/mol. The number of imidazole rings is 1. The average molecular weight is 317 g/mol. The number of hydrogen-bond acceptors (Lipinski definition) is 4. The van der Waals surface area contributed by atoms with Gasteiger partial charge in [0, 0.05) is 7.05 Å². The van der Waals surface area contributed by atoms with Crippen LogP contribution in [0.25, 0.3) is 11.2 Å². The number of halogens is 1. The first-order valence-electron chi connectivity index (χ1n) is 4.94. The van der Waals surface area contributed by atoms with E-state index in [9.17, 15) is 14.4 Å². The molecule has 0 aliphatic carbocycles. The zero-order valence-corrected chi connectivity index (χ0v) is 11.1. The van der Waals surface area contributed by atoms with E-state index in [4.69, 9.17) is 5.11 Å². The molecular weight excluding hydrogens is 308 g/mol. The lowest BCUT2D eigenvalue weighted by molar-refractivity contribution is -0.140. The number of aliphatic carboxylic acids is 1. The molecule has 0 unspecified atom stereocenters. The van der Waals surface area contributed by atoms with Gasteiger partial charge in [0.1, 0.15) is 6.04 Å². The van der Waals surface area contributed by atoms with Crippen molar-refractivity contribution in [1.82, 2.24) is 19.1 Å². The van der Waals surface area contributed by atoms with Crippen molar-refractivity contribution in [2.45, 2.75) is 13.0 Å². The van der Waals surface area contributed by atoms with E-state index in [2.05, 4.69) is 25.9 Å². The Bertz CT molecular complexity index is 756. The Morgan fingerprint density at radius 1 is 1.50 bits per heavy atom. The van der Waals surface area contributed by atoms with Crippen LogP contribution in [-0.4, -0.2) is 30.2 Å². The van der Waals surface area contributed by atoms with E-state index in [1.807, 2.05) is 0 Å². The van der Waals surface area contributed by atoms with Crippen LogP contribution >= 0.6 is 15.9 Å². The maximum Gasteiger partial charge on any atom is 0.329 e. The molecular formula is C9H9BrN4O4. The van der Waals surface area contributed by atoms with Gasteiger partial charge in [-0.05, 0) is 22.9 Å². The summed E-state index contributed by atoms with van der Waals surface area (Å²) < 4.78 is 2.54. The molecule has 9 heteroatoms. The largest absolute Gasteiger partial charge is 0.480 e. The van der Waals surface area contributed by atoms with Gasteiger partial charge < -0.3 is 5.11 Å². The van der Waals surface area contributed by atoms with Gasteiger partial charge in [0.25, 0.3) is 5.56 Å². The van der Waals surface area contributed by atoms with Gasteiger partial charge in [0.15, 0.2) is 15.9 Å². The van der Waals surface area contributed by atoms with Crippen LogP contribution in [-0.2, 0) is 11.8 Å². The summed E-state index contributed by atoms with van der Waals surface area (Å²) in [4.78, 5) is 40.3. The lowest BCUT2D eigenvalue weighted by Crippen LogP contribution is -2.30. The highest BCUT2D eigenvalue weighted by Gasteiger charge is 2.23. The summed E-state index contributed by atoms with van der Waals surface area (Å²) in [5.74, 6) is -1.11. The molecule has 0 aliphatic heterocycles. The van der Waals surface area contributed by atoms with Crippen molar-refractivity contribution in [3.05, 3.63) is 25.6 Å². The standard InChI is InChI=1S/C9H9BrN4O4/c1-3(7(16)17)14-4-5(11-8(14)10)13(2)9(18)12-6(4)15/h3H,1-2H3,(H,16,17)(H,12,15,18)/t3-/m1/s1. The third kappa shape index (κ3) is 1.67. The third-order valence-corrected chi connectivity index (χ3v) is 3.21. The van der Waals surface area contributed by atoms with Crippen LogP contribution in [0.2, 0.25) is 0 Å². The fourth-order valence-corrected chi connectivity index (χ4v) is 2.29. The number of rotatable bonds is 2. The van der Waals surface area contributed by atoms with E-state index in [1.165, 1.54) is 18.5 Å². The number of carboxylic acid groups (broad SMARTS) is 1. The highest BCUT2D eigenvalue weighted by molar-refractivity contribution is 9.10. The number of nitrogens with zero attached hydrogens (tertiary/aromatic N) is 3. The predicted molar refractivity (Wildman–Crippen MR) is 65.6 cm³/mol. The number of aromatic amines is 1. The highest BCUT2D eigenvalue weighted by Crippen LogP contribution is 2.21. The number of carbonyl (C=O) groups is 1. The van der Waals surface area contributed by atoms with E-state index < -0.39 is 23.3 Å². The Morgan fingerprint density at radius 3 is 2.67 bits per heavy atom. The molecule has 0 saturated heterocycles. The minimum atomic E-state index is -1.11. The number of nitrogens with one attached hydrogen (secondary N) is 1. The maximum absolute atomic E-state index is 11.8. The van der Waals surface area contributed by atoms with Crippen LogP contribution in [0.5, 0.6) is 0 Å². The molecule has 0 fully saturated rings. The van der Waals surface area contributed by atoms with Gasteiger partial charge in [-0.25, -0.2) is 14.6 Å². The Kier molecular flexibility index (Phi) is 2.85. The first-order chi connectivity index (χ1) is 8.34. The average Bonchev–Trinajstić information content (AvgIpc) is 2.63. The molecule has 2 rings (SSSR count). The molecule has 0 bridgehead atoms. The van der Waals surface area contributed by atoms with Crippen LogP contribution in [0, 0.1) is 0 Å². The molecule has 0 radical (unpaired) electrons. The smallest absolute Gasteiger partial charge is 0.329 e. The number of hydrogen-bond donors (Lipinski definition) is 2. The van der Waals surface area contributed by atoms with Gasteiger partial charge in [0.05, 0.1) is 0 Å². The zero-order chi connectivity index (χ0) is 13.6. The third-order valence-electron chi connectivity index (χ3n) is 2.65. The minimum Gasteiger partial charge on any atom is -0.480 e. The SMILES string of the molecule is C[C@H](C(=O)O)n1c(Br)nc2c1c(=O)[nH]c(=O)n2C. The number of H-pyrrole nitrogens is 1. The fourth-order valence-electron chi connectivity index (χ4n) is 1.64.